The number of aryl methyl sites for hydroxylation is 1. The first kappa shape index (κ1) is 16.6. The lowest BCUT2D eigenvalue weighted by atomic mass is 10.2. The summed E-state index contributed by atoms with van der Waals surface area (Å²) in [7, 11) is 0. The molecule has 1 fully saturated rings. The van der Waals surface area contributed by atoms with Crippen LogP contribution in [0.5, 0.6) is 17.4 Å². The highest BCUT2D eigenvalue weighted by molar-refractivity contribution is 9.10. The standard InChI is InChI=1S/C17H17BrClNO3/c1-11-8-12(18)9-14(19)17(11)23-15-6-5-13(10-20-15)22-16-4-2-3-7-21-16/h5-6,8-10,16H,2-4,7H2,1H3. The molecule has 1 aromatic carbocycles. The number of ether oxygens (including phenoxy) is 3. The van der Waals surface area contributed by atoms with E-state index in [1.807, 2.05) is 19.1 Å². The average molecular weight is 399 g/mol. The Kier molecular flexibility index (Phi) is 5.41. The zero-order valence-corrected chi connectivity index (χ0v) is 15.1. The molecule has 1 aliphatic heterocycles. The van der Waals surface area contributed by atoms with Crippen molar-refractivity contribution < 1.29 is 14.2 Å². The van der Waals surface area contributed by atoms with Crippen LogP contribution < -0.4 is 9.47 Å². The largest absolute Gasteiger partial charge is 0.463 e. The Labute approximate surface area is 148 Å². The Bertz CT molecular complexity index is 649. The van der Waals surface area contributed by atoms with Crippen molar-refractivity contribution in [2.24, 2.45) is 0 Å². The van der Waals surface area contributed by atoms with Crippen molar-refractivity contribution in [3.63, 3.8) is 0 Å². The molecule has 0 saturated carbocycles. The molecule has 0 N–H and O–H groups in total. The van der Waals surface area contributed by atoms with Crippen molar-refractivity contribution in [3.8, 4) is 17.4 Å². The summed E-state index contributed by atoms with van der Waals surface area (Å²) in [6, 6.07) is 7.32. The number of rotatable bonds is 4. The Morgan fingerprint density at radius 2 is 2.17 bits per heavy atom. The van der Waals surface area contributed by atoms with E-state index >= 15 is 0 Å². The monoisotopic (exact) mass is 397 g/mol. The zero-order chi connectivity index (χ0) is 16.2. The second kappa shape index (κ2) is 7.51. The van der Waals surface area contributed by atoms with E-state index in [2.05, 4.69) is 20.9 Å². The molecule has 0 aliphatic carbocycles. The normalized spacial score (nSPS) is 17.8. The number of halogens is 2. The van der Waals surface area contributed by atoms with Gasteiger partial charge in [0, 0.05) is 17.0 Å². The molecule has 1 atom stereocenters. The SMILES string of the molecule is Cc1cc(Br)cc(Cl)c1Oc1ccc(OC2CCCCO2)cn1. The van der Waals surface area contributed by atoms with Crippen LogP contribution >= 0.6 is 27.5 Å². The molecule has 0 radical (unpaired) electrons. The highest BCUT2D eigenvalue weighted by Gasteiger charge is 2.15. The number of pyridine rings is 1. The van der Waals surface area contributed by atoms with Gasteiger partial charge in [-0.2, -0.15) is 0 Å². The van der Waals surface area contributed by atoms with Gasteiger partial charge in [-0.25, -0.2) is 4.98 Å². The molecule has 1 saturated heterocycles. The van der Waals surface area contributed by atoms with Gasteiger partial charge in [-0.1, -0.05) is 27.5 Å². The molecule has 122 valence electrons. The van der Waals surface area contributed by atoms with Crippen molar-refractivity contribution in [1.82, 2.24) is 4.98 Å². The van der Waals surface area contributed by atoms with E-state index in [0.717, 1.165) is 35.9 Å². The van der Waals surface area contributed by atoms with Gasteiger partial charge in [-0.15, -0.1) is 0 Å². The first-order valence-corrected chi connectivity index (χ1v) is 8.67. The van der Waals surface area contributed by atoms with E-state index in [0.29, 0.717) is 22.4 Å². The lowest BCUT2D eigenvalue weighted by molar-refractivity contribution is -0.106. The lowest BCUT2D eigenvalue weighted by Gasteiger charge is -2.23. The molecule has 23 heavy (non-hydrogen) atoms. The Morgan fingerprint density at radius 3 is 2.83 bits per heavy atom. The van der Waals surface area contributed by atoms with Crippen LogP contribution in [0.3, 0.4) is 0 Å². The minimum absolute atomic E-state index is 0.180. The van der Waals surface area contributed by atoms with Crippen molar-refractivity contribution in [1.29, 1.82) is 0 Å². The van der Waals surface area contributed by atoms with E-state index in [9.17, 15) is 0 Å². The van der Waals surface area contributed by atoms with Crippen LogP contribution in [0.1, 0.15) is 24.8 Å². The van der Waals surface area contributed by atoms with E-state index in [-0.39, 0.29) is 6.29 Å². The van der Waals surface area contributed by atoms with E-state index in [1.165, 1.54) is 0 Å². The summed E-state index contributed by atoms with van der Waals surface area (Å²) in [5.41, 5.74) is 0.933. The van der Waals surface area contributed by atoms with Gasteiger partial charge in [0.05, 0.1) is 17.8 Å². The molecular formula is C17H17BrClNO3. The maximum absolute atomic E-state index is 6.22. The van der Waals surface area contributed by atoms with Crippen LogP contribution in [-0.2, 0) is 4.74 Å². The van der Waals surface area contributed by atoms with Gasteiger partial charge >= 0.3 is 0 Å². The van der Waals surface area contributed by atoms with Crippen molar-refractivity contribution >= 4 is 27.5 Å². The quantitative estimate of drug-likeness (QED) is 0.681. The highest BCUT2D eigenvalue weighted by atomic mass is 79.9. The minimum Gasteiger partial charge on any atom is -0.463 e. The fraction of sp³-hybridized carbons (Fsp3) is 0.353. The number of benzene rings is 1. The second-order valence-corrected chi connectivity index (χ2v) is 6.70. The third-order valence-corrected chi connectivity index (χ3v) is 4.25. The molecule has 1 unspecified atom stereocenters. The molecule has 0 spiro atoms. The third-order valence-electron chi connectivity index (χ3n) is 3.52. The molecule has 0 amide bonds. The Balaban J connectivity index is 1.68. The second-order valence-electron chi connectivity index (χ2n) is 5.38. The number of hydrogen-bond donors (Lipinski definition) is 0. The van der Waals surface area contributed by atoms with E-state index in [4.69, 9.17) is 25.8 Å². The summed E-state index contributed by atoms with van der Waals surface area (Å²) in [4.78, 5) is 4.27. The van der Waals surface area contributed by atoms with Gasteiger partial charge in [0.2, 0.25) is 5.88 Å². The number of aromatic nitrogens is 1. The first-order valence-electron chi connectivity index (χ1n) is 7.49. The molecule has 2 heterocycles. The Morgan fingerprint density at radius 1 is 1.30 bits per heavy atom. The highest BCUT2D eigenvalue weighted by Crippen LogP contribution is 2.35. The van der Waals surface area contributed by atoms with Crippen LogP contribution in [-0.4, -0.2) is 17.9 Å². The van der Waals surface area contributed by atoms with Crippen molar-refractivity contribution in [2.75, 3.05) is 6.61 Å². The van der Waals surface area contributed by atoms with Crippen LogP contribution in [0, 0.1) is 6.92 Å². The lowest BCUT2D eigenvalue weighted by Crippen LogP contribution is -2.24. The van der Waals surface area contributed by atoms with Crippen LogP contribution in [0.15, 0.2) is 34.9 Å². The molecule has 2 aromatic rings. The first-order chi connectivity index (χ1) is 11.1. The van der Waals surface area contributed by atoms with E-state index < -0.39 is 0 Å². The summed E-state index contributed by atoms with van der Waals surface area (Å²) in [5, 5.41) is 0.537. The molecule has 1 aromatic heterocycles. The predicted octanol–water partition coefficient (Wildman–Crippen LogP) is 5.50. The van der Waals surface area contributed by atoms with Gasteiger partial charge in [0.15, 0.2) is 12.0 Å². The minimum atomic E-state index is -0.180. The molecule has 0 bridgehead atoms. The molecule has 3 rings (SSSR count). The zero-order valence-electron chi connectivity index (χ0n) is 12.7. The summed E-state index contributed by atoms with van der Waals surface area (Å²) < 4.78 is 18.0. The van der Waals surface area contributed by atoms with Gasteiger partial charge in [-0.05, 0) is 43.5 Å². The van der Waals surface area contributed by atoms with Gasteiger partial charge in [0.1, 0.15) is 5.75 Å². The fourth-order valence-corrected chi connectivity index (χ4v) is 3.38. The number of hydrogen-bond acceptors (Lipinski definition) is 4. The maximum atomic E-state index is 6.22. The van der Waals surface area contributed by atoms with Crippen LogP contribution in [0.4, 0.5) is 0 Å². The average Bonchev–Trinajstić information content (AvgIpc) is 2.53. The molecular weight excluding hydrogens is 382 g/mol. The summed E-state index contributed by atoms with van der Waals surface area (Å²) >= 11 is 9.63. The molecule has 1 aliphatic rings. The van der Waals surface area contributed by atoms with Crippen molar-refractivity contribution in [2.45, 2.75) is 32.5 Å². The van der Waals surface area contributed by atoms with E-state index in [1.54, 1.807) is 18.3 Å². The summed E-state index contributed by atoms with van der Waals surface area (Å²) in [6.07, 6.45) is 4.58. The smallest absolute Gasteiger partial charge is 0.219 e. The molecule has 6 heteroatoms. The van der Waals surface area contributed by atoms with Gasteiger partial charge in [0.25, 0.3) is 0 Å². The predicted molar refractivity (Wildman–Crippen MR) is 92.4 cm³/mol. The van der Waals surface area contributed by atoms with Gasteiger partial charge < -0.3 is 14.2 Å². The van der Waals surface area contributed by atoms with Crippen molar-refractivity contribution in [3.05, 3.63) is 45.5 Å². The van der Waals surface area contributed by atoms with Crippen LogP contribution in [0.25, 0.3) is 0 Å². The fourth-order valence-electron chi connectivity index (χ4n) is 2.38. The number of nitrogens with zero attached hydrogens (tertiary/aromatic N) is 1. The maximum Gasteiger partial charge on any atom is 0.219 e. The summed E-state index contributed by atoms with van der Waals surface area (Å²) in [5.74, 6) is 1.74. The molecule has 4 nitrogen and oxygen atoms in total. The Hall–Kier alpha value is -1.30. The van der Waals surface area contributed by atoms with Crippen LogP contribution in [0.2, 0.25) is 5.02 Å². The summed E-state index contributed by atoms with van der Waals surface area (Å²) in [6.45, 7) is 2.69. The third kappa shape index (κ3) is 4.37. The van der Waals surface area contributed by atoms with Gasteiger partial charge in [-0.3, -0.25) is 0 Å². The topological polar surface area (TPSA) is 40.6 Å².